The second-order valence-electron chi connectivity index (χ2n) is 13.3. The fourth-order valence-corrected chi connectivity index (χ4v) is 6.38. The third-order valence-corrected chi connectivity index (χ3v) is 8.81. The first-order chi connectivity index (χ1) is 21.5. The van der Waals surface area contributed by atoms with E-state index in [9.17, 15) is 9.59 Å². The number of methoxy groups -OCH3 is 1. The number of hydrogen-bond donors (Lipinski definition) is 1. The number of ether oxygens (including phenoxy) is 3. The highest BCUT2D eigenvalue weighted by atomic mass is 16.6. The van der Waals surface area contributed by atoms with Crippen LogP contribution in [0.4, 0.5) is 0 Å². The quantitative estimate of drug-likeness (QED) is 0.236. The van der Waals surface area contributed by atoms with Crippen LogP contribution in [-0.4, -0.2) is 74.5 Å². The van der Waals surface area contributed by atoms with Crippen molar-refractivity contribution in [1.29, 1.82) is 0 Å². The van der Waals surface area contributed by atoms with Crippen molar-refractivity contribution in [2.45, 2.75) is 90.7 Å². The predicted molar refractivity (Wildman–Crippen MR) is 181 cm³/mol. The molecule has 8 nitrogen and oxygen atoms in total. The molecular formula is C37H53N3O5. The Morgan fingerprint density at radius 2 is 1.84 bits per heavy atom. The van der Waals surface area contributed by atoms with Crippen LogP contribution < -0.4 is 5.32 Å². The van der Waals surface area contributed by atoms with E-state index in [0.717, 1.165) is 47.2 Å². The summed E-state index contributed by atoms with van der Waals surface area (Å²) >= 11 is 0. The minimum atomic E-state index is -0.598. The average Bonchev–Trinajstić information content (AvgIpc) is 3.30. The molecule has 246 valence electrons. The Morgan fingerprint density at radius 3 is 2.53 bits per heavy atom. The third-order valence-electron chi connectivity index (χ3n) is 8.81. The summed E-state index contributed by atoms with van der Waals surface area (Å²) in [7, 11) is 5.42. The SMILES string of the molecule is CNCCOCCN(C)C(=O)C1=C(C)CC=C(OC)C=CCc2c(C3CCCCC3)c3ccc(C(=O)OC(C)(C)C)cc3n2C1. The first-order valence-electron chi connectivity index (χ1n) is 16.5. The molecule has 1 N–H and O–H groups in total. The number of allylic oxidation sites excluding steroid dienone is 4. The minimum absolute atomic E-state index is 0.0143. The lowest BCUT2D eigenvalue weighted by Crippen LogP contribution is -2.33. The van der Waals surface area contributed by atoms with Gasteiger partial charge >= 0.3 is 5.97 Å². The lowest BCUT2D eigenvalue weighted by Gasteiger charge is -2.24. The van der Waals surface area contributed by atoms with Gasteiger partial charge in [0.05, 0.1) is 32.4 Å². The van der Waals surface area contributed by atoms with E-state index in [2.05, 4.69) is 22.0 Å². The summed E-state index contributed by atoms with van der Waals surface area (Å²) in [5.74, 6) is 0.858. The number of rotatable bonds is 10. The van der Waals surface area contributed by atoms with E-state index < -0.39 is 5.60 Å². The molecule has 2 aromatic rings. The summed E-state index contributed by atoms with van der Waals surface area (Å²) in [6.07, 6.45) is 13.5. The number of nitrogens with zero attached hydrogens (tertiary/aromatic N) is 2. The number of aromatic nitrogens is 1. The van der Waals surface area contributed by atoms with Crippen molar-refractivity contribution in [3.63, 3.8) is 0 Å². The molecule has 1 amide bonds. The summed E-state index contributed by atoms with van der Waals surface area (Å²) in [4.78, 5) is 29.2. The van der Waals surface area contributed by atoms with Crippen LogP contribution in [0.25, 0.3) is 10.9 Å². The summed E-state index contributed by atoms with van der Waals surface area (Å²) in [6.45, 7) is 10.4. The van der Waals surface area contributed by atoms with Gasteiger partial charge in [-0.2, -0.15) is 0 Å². The lowest BCUT2D eigenvalue weighted by atomic mass is 9.82. The van der Waals surface area contributed by atoms with Gasteiger partial charge in [-0.05, 0) is 89.8 Å². The van der Waals surface area contributed by atoms with Crippen molar-refractivity contribution in [3.05, 3.63) is 70.2 Å². The Kier molecular flexibility index (Phi) is 12.1. The zero-order chi connectivity index (χ0) is 32.6. The first-order valence-corrected chi connectivity index (χ1v) is 16.5. The van der Waals surface area contributed by atoms with Crippen LogP contribution >= 0.6 is 0 Å². The molecular weight excluding hydrogens is 566 g/mol. The number of esters is 1. The van der Waals surface area contributed by atoms with Gasteiger partial charge in [0.15, 0.2) is 0 Å². The Morgan fingerprint density at radius 1 is 1.09 bits per heavy atom. The standard InChI is InChI=1S/C37H53N3O5/c1-26-16-18-29(43-7)14-11-15-32-34(27-12-9-8-10-13-27)30-19-17-28(36(42)45-37(2,3)4)24-33(30)40(32)25-31(26)35(41)39(6)21-23-44-22-20-38-5/h11,14,17-19,24,27,38H,8-10,12-13,15-16,20-23,25H2,1-7H3. The first kappa shape index (κ1) is 34.5. The molecule has 0 unspecified atom stereocenters. The average molecular weight is 620 g/mol. The van der Waals surface area contributed by atoms with Gasteiger partial charge in [0, 0.05) is 48.7 Å². The molecule has 2 heterocycles. The van der Waals surface area contributed by atoms with Gasteiger partial charge in [-0.15, -0.1) is 0 Å². The Bertz CT molecular complexity index is 1440. The van der Waals surface area contributed by atoms with Gasteiger partial charge in [0.2, 0.25) is 0 Å². The molecule has 45 heavy (non-hydrogen) atoms. The third kappa shape index (κ3) is 8.88. The highest BCUT2D eigenvalue weighted by Crippen LogP contribution is 2.41. The smallest absolute Gasteiger partial charge is 0.338 e. The maximum absolute atomic E-state index is 14.2. The Labute approximate surface area is 269 Å². The second-order valence-corrected chi connectivity index (χ2v) is 13.3. The lowest BCUT2D eigenvalue weighted by molar-refractivity contribution is -0.126. The molecule has 0 radical (unpaired) electrons. The van der Waals surface area contributed by atoms with Crippen molar-refractivity contribution in [1.82, 2.24) is 14.8 Å². The van der Waals surface area contributed by atoms with E-state index >= 15 is 0 Å². The van der Waals surface area contributed by atoms with E-state index in [1.165, 1.54) is 30.5 Å². The fraction of sp³-hybridized carbons (Fsp3) is 0.568. The molecule has 1 aromatic carbocycles. The number of carbonyl (C=O) groups excluding carboxylic acids is 2. The largest absolute Gasteiger partial charge is 0.497 e. The van der Waals surface area contributed by atoms with E-state index in [0.29, 0.717) is 50.6 Å². The molecule has 0 atom stereocenters. The number of amides is 1. The number of benzene rings is 1. The monoisotopic (exact) mass is 619 g/mol. The van der Waals surface area contributed by atoms with Crippen LogP contribution in [0.5, 0.6) is 0 Å². The van der Waals surface area contributed by atoms with Crippen molar-refractivity contribution >= 4 is 22.8 Å². The normalized spacial score (nSPS) is 16.6. The topological polar surface area (TPSA) is 82.0 Å². The van der Waals surface area contributed by atoms with Crippen LogP contribution in [0.2, 0.25) is 0 Å². The molecule has 0 saturated heterocycles. The predicted octanol–water partition coefficient (Wildman–Crippen LogP) is 6.69. The number of hydrogen-bond acceptors (Lipinski definition) is 6. The fourth-order valence-electron chi connectivity index (χ4n) is 6.38. The highest BCUT2D eigenvalue weighted by molar-refractivity contribution is 5.98. The van der Waals surface area contributed by atoms with Crippen molar-refractivity contribution in [3.8, 4) is 0 Å². The molecule has 1 saturated carbocycles. The Hall–Kier alpha value is -3.36. The number of likely N-dealkylation sites (N-methyl/N-ethyl adjacent to an activating group) is 2. The molecule has 8 heteroatoms. The summed E-state index contributed by atoms with van der Waals surface area (Å²) < 4.78 is 19.5. The van der Waals surface area contributed by atoms with Gasteiger partial charge in [0.1, 0.15) is 11.4 Å². The zero-order valence-electron chi connectivity index (χ0n) is 28.5. The van der Waals surface area contributed by atoms with E-state index in [1.807, 2.05) is 66.1 Å². The summed E-state index contributed by atoms with van der Waals surface area (Å²) in [5.41, 5.74) is 5.17. The maximum atomic E-state index is 14.2. The Balaban J connectivity index is 1.86. The van der Waals surface area contributed by atoms with E-state index in [-0.39, 0.29) is 11.9 Å². The molecule has 1 aliphatic heterocycles. The summed E-state index contributed by atoms with van der Waals surface area (Å²) in [5, 5.41) is 4.24. The number of fused-ring (bicyclic) bond motifs is 3. The van der Waals surface area contributed by atoms with E-state index in [1.54, 1.807) is 12.0 Å². The molecule has 0 bridgehead atoms. The minimum Gasteiger partial charge on any atom is -0.497 e. The van der Waals surface area contributed by atoms with Gasteiger partial charge in [-0.3, -0.25) is 4.79 Å². The molecule has 0 spiro atoms. The van der Waals surface area contributed by atoms with Crippen LogP contribution in [0.3, 0.4) is 0 Å². The second kappa shape index (κ2) is 15.8. The van der Waals surface area contributed by atoms with Crippen molar-refractivity contribution in [2.75, 3.05) is 47.5 Å². The van der Waals surface area contributed by atoms with Gasteiger partial charge in [-0.1, -0.05) is 37.0 Å². The van der Waals surface area contributed by atoms with Crippen molar-refractivity contribution in [2.24, 2.45) is 0 Å². The molecule has 1 fully saturated rings. The highest BCUT2D eigenvalue weighted by Gasteiger charge is 2.28. The van der Waals surface area contributed by atoms with Crippen LogP contribution in [0.1, 0.15) is 93.8 Å². The molecule has 2 aliphatic rings. The van der Waals surface area contributed by atoms with Crippen molar-refractivity contribution < 1.29 is 23.8 Å². The summed E-state index contributed by atoms with van der Waals surface area (Å²) in [6, 6.07) is 5.97. The number of nitrogens with one attached hydrogen (secondary N) is 1. The zero-order valence-corrected chi connectivity index (χ0v) is 28.5. The molecule has 1 aliphatic carbocycles. The van der Waals surface area contributed by atoms with Crippen LogP contribution in [0.15, 0.2) is 53.3 Å². The molecule has 4 rings (SSSR count). The van der Waals surface area contributed by atoms with E-state index in [4.69, 9.17) is 14.2 Å². The van der Waals surface area contributed by atoms with Gasteiger partial charge < -0.3 is 29.0 Å². The number of carbonyl (C=O) groups is 2. The molecule has 1 aromatic heterocycles. The maximum Gasteiger partial charge on any atom is 0.338 e. The van der Waals surface area contributed by atoms with Gasteiger partial charge in [0.25, 0.3) is 5.91 Å². The van der Waals surface area contributed by atoms with Crippen LogP contribution in [-0.2, 0) is 32.0 Å². The van der Waals surface area contributed by atoms with Crippen LogP contribution in [0, 0.1) is 0 Å². The van der Waals surface area contributed by atoms with Gasteiger partial charge in [-0.25, -0.2) is 4.79 Å².